The number of hydrogen-bond donors (Lipinski definition) is 1. The van der Waals surface area contributed by atoms with Crippen LogP contribution in [0, 0.1) is 16.0 Å². The van der Waals surface area contributed by atoms with Crippen LogP contribution in [-0.4, -0.2) is 39.9 Å². The summed E-state index contributed by atoms with van der Waals surface area (Å²) in [5, 5.41) is 13.6. The summed E-state index contributed by atoms with van der Waals surface area (Å²) in [7, 11) is 0. The number of aromatic nitrogens is 1. The smallest absolute Gasteiger partial charge is 0.272 e. The SMILES string of the molecule is O=C(CN1C[C@H]2C[C@@H](C1)c1cccc(=O)n1C2)Nc1c(Cl)cc([N+](=O)[O-])cc1Cl. The molecule has 1 N–H and O–H groups in total. The lowest BCUT2D eigenvalue weighted by molar-refractivity contribution is -0.384. The maximum Gasteiger partial charge on any atom is 0.272 e. The monoisotopic (exact) mass is 436 g/mol. The van der Waals surface area contributed by atoms with E-state index in [0.717, 1.165) is 24.2 Å². The molecule has 2 atom stereocenters. The van der Waals surface area contributed by atoms with Crippen molar-refractivity contribution in [2.75, 3.05) is 25.0 Å². The standard InChI is InChI=1S/C19H18Cl2N4O4/c20-14-5-13(25(28)29)6-15(21)19(14)22-17(26)10-23-7-11-4-12(9-23)16-2-1-3-18(27)24(16)8-11/h1-3,5-6,11-12H,4,7-10H2,(H,22,26)/t11-,12+/m1/s1. The van der Waals surface area contributed by atoms with E-state index in [1.165, 1.54) is 0 Å². The first kappa shape index (κ1) is 19.9. The van der Waals surface area contributed by atoms with E-state index in [1.54, 1.807) is 12.1 Å². The van der Waals surface area contributed by atoms with Crippen LogP contribution in [0.4, 0.5) is 11.4 Å². The first-order chi connectivity index (χ1) is 13.8. The van der Waals surface area contributed by atoms with E-state index in [2.05, 4.69) is 10.2 Å². The molecule has 1 amide bonds. The number of nitro benzene ring substituents is 1. The molecule has 0 aliphatic carbocycles. The van der Waals surface area contributed by atoms with Gasteiger partial charge in [0.2, 0.25) is 5.91 Å². The number of halogens is 2. The van der Waals surface area contributed by atoms with Gasteiger partial charge in [0.05, 0.1) is 27.2 Å². The van der Waals surface area contributed by atoms with Gasteiger partial charge in [-0.1, -0.05) is 29.3 Å². The second-order valence-corrected chi connectivity index (χ2v) is 8.30. The lowest BCUT2D eigenvalue weighted by atomic mass is 9.83. The topological polar surface area (TPSA) is 97.5 Å². The minimum atomic E-state index is -0.598. The number of non-ortho nitro benzene ring substituents is 1. The van der Waals surface area contributed by atoms with Crippen molar-refractivity contribution in [1.29, 1.82) is 0 Å². The van der Waals surface area contributed by atoms with E-state index in [1.807, 2.05) is 10.6 Å². The summed E-state index contributed by atoms with van der Waals surface area (Å²) >= 11 is 12.1. The van der Waals surface area contributed by atoms with Gasteiger partial charge in [-0.3, -0.25) is 24.6 Å². The number of carbonyl (C=O) groups is 1. The molecule has 2 bridgehead atoms. The molecule has 3 heterocycles. The first-order valence-corrected chi connectivity index (χ1v) is 9.93. The fourth-order valence-electron chi connectivity index (χ4n) is 4.29. The van der Waals surface area contributed by atoms with Crippen LogP contribution < -0.4 is 10.9 Å². The van der Waals surface area contributed by atoms with Crippen LogP contribution in [0.1, 0.15) is 18.0 Å². The Hall–Kier alpha value is -2.42. The molecule has 1 aromatic carbocycles. The van der Waals surface area contributed by atoms with Crippen LogP contribution in [0.15, 0.2) is 35.1 Å². The molecule has 29 heavy (non-hydrogen) atoms. The fourth-order valence-corrected chi connectivity index (χ4v) is 4.86. The predicted octanol–water partition coefficient (Wildman–Crippen LogP) is 3.12. The molecule has 0 spiro atoms. The third kappa shape index (κ3) is 4.01. The number of carbonyl (C=O) groups excluding carboxylic acids is 1. The number of likely N-dealkylation sites (tertiary alicyclic amines) is 1. The number of pyridine rings is 1. The molecule has 4 rings (SSSR count). The van der Waals surface area contributed by atoms with Crippen LogP contribution in [0.25, 0.3) is 0 Å². The summed E-state index contributed by atoms with van der Waals surface area (Å²) in [5.41, 5.74) is 0.958. The van der Waals surface area contributed by atoms with E-state index in [0.29, 0.717) is 25.6 Å². The van der Waals surface area contributed by atoms with Crippen molar-refractivity contribution in [3.8, 4) is 0 Å². The largest absolute Gasteiger partial charge is 0.322 e. The van der Waals surface area contributed by atoms with Gasteiger partial charge in [0.25, 0.3) is 11.2 Å². The maximum absolute atomic E-state index is 12.6. The van der Waals surface area contributed by atoms with E-state index >= 15 is 0 Å². The van der Waals surface area contributed by atoms with Gasteiger partial charge < -0.3 is 9.88 Å². The number of nitro groups is 1. The van der Waals surface area contributed by atoms with Crippen LogP contribution in [0.2, 0.25) is 10.0 Å². The van der Waals surface area contributed by atoms with Crippen LogP contribution in [0.5, 0.6) is 0 Å². The van der Waals surface area contributed by atoms with Gasteiger partial charge in [-0.2, -0.15) is 0 Å². The second-order valence-electron chi connectivity index (χ2n) is 7.48. The zero-order valence-corrected chi connectivity index (χ0v) is 16.8. The lowest BCUT2D eigenvalue weighted by Crippen LogP contribution is -2.49. The summed E-state index contributed by atoms with van der Waals surface area (Å²) in [6.07, 6.45) is 1.00. The molecule has 0 saturated carbocycles. The molecule has 1 saturated heterocycles. The van der Waals surface area contributed by atoms with Gasteiger partial charge in [0.15, 0.2) is 0 Å². The Morgan fingerprint density at radius 3 is 2.62 bits per heavy atom. The molecule has 1 aromatic heterocycles. The highest BCUT2D eigenvalue weighted by atomic mass is 35.5. The number of rotatable bonds is 4. The van der Waals surface area contributed by atoms with Gasteiger partial charge in [0.1, 0.15) is 0 Å². The zero-order chi connectivity index (χ0) is 20.7. The number of amides is 1. The average molecular weight is 437 g/mol. The Bertz CT molecular complexity index is 1030. The van der Waals surface area contributed by atoms with Gasteiger partial charge in [-0.15, -0.1) is 0 Å². The Morgan fingerprint density at radius 2 is 1.93 bits per heavy atom. The summed E-state index contributed by atoms with van der Waals surface area (Å²) in [6, 6.07) is 7.64. The maximum atomic E-state index is 12.6. The highest BCUT2D eigenvalue weighted by molar-refractivity contribution is 6.40. The molecule has 8 nitrogen and oxygen atoms in total. The Morgan fingerprint density at radius 1 is 1.21 bits per heavy atom. The molecular weight excluding hydrogens is 419 g/mol. The van der Waals surface area contributed by atoms with E-state index < -0.39 is 4.92 Å². The number of piperidine rings is 1. The predicted molar refractivity (Wildman–Crippen MR) is 110 cm³/mol. The molecule has 2 aromatic rings. The summed E-state index contributed by atoms with van der Waals surface area (Å²) in [6.45, 7) is 2.19. The Labute approximate surface area is 176 Å². The van der Waals surface area contributed by atoms with Crippen LogP contribution >= 0.6 is 23.2 Å². The number of hydrogen-bond acceptors (Lipinski definition) is 5. The van der Waals surface area contributed by atoms with Gasteiger partial charge in [-0.05, 0) is 18.4 Å². The quantitative estimate of drug-likeness (QED) is 0.586. The summed E-state index contributed by atoms with van der Waals surface area (Å²) < 4.78 is 1.84. The molecule has 2 aliphatic rings. The molecule has 0 radical (unpaired) electrons. The molecule has 2 aliphatic heterocycles. The summed E-state index contributed by atoms with van der Waals surface area (Å²) in [4.78, 5) is 37.0. The van der Waals surface area contributed by atoms with E-state index in [4.69, 9.17) is 23.2 Å². The van der Waals surface area contributed by atoms with Crippen molar-refractivity contribution in [2.24, 2.45) is 5.92 Å². The van der Waals surface area contributed by atoms with Crippen molar-refractivity contribution >= 4 is 40.5 Å². The van der Waals surface area contributed by atoms with Gasteiger partial charge >= 0.3 is 0 Å². The highest BCUT2D eigenvalue weighted by Crippen LogP contribution is 2.36. The third-order valence-corrected chi connectivity index (χ3v) is 6.02. The number of anilines is 1. The number of benzene rings is 1. The Kier molecular flexibility index (Phi) is 5.33. The van der Waals surface area contributed by atoms with Crippen molar-refractivity contribution < 1.29 is 9.72 Å². The lowest BCUT2D eigenvalue weighted by Gasteiger charge is -2.42. The van der Waals surface area contributed by atoms with Gasteiger partial charge in [0, 0.05) is 49.4 Å². The van der Waals surface area contributed by atoms with Gasteiger partial charge in [-0.25, -0.2) is 0 Å². The number of fused-ring (bicyclic) bond motifs is 4. The van der Waals surface area contributed by atoms with Crippen molar-refractivity contribution in [2.45, 2.75) is 18.9 Å². The second kappa shape index (κ2) is 7.78. The third-order valence-electron chi connectivity index (χ3n) is 5.42. The first-order valence-electron chi connectivity index (χ1n) is 9.17. The molecular formula is C19H18Cl2N4O4. The van der Waals surface area contributed by atoms with Crippen molar-refractivity contribution in [1.82, 2.24) is 9.47 Å². The van der Waals surface area contributed by atoms with Crippen molar-refractivity contribution in [3.05, 3.63) is 66.5 Å². The normalized spacial score (nSPS) is 20.8. The fraction of sp³-hybridized carbons (Fsp3) is 0.368. The number of nitrogens with zero attached hydrogens (tertiary/aromatic N) is 3. The van der Waals surface area contributed by atoms with Crippen LogP contribution in [-0.2, 0) is 11.3 Å². The highest BCUT2D eigenvalue weighted by Gasteiger charge is 2.35. The van der Waals surface area contributed by atoms with Crippen LogP contribution in [0.3, 0.4) is 0 Å². The molecule has 152 valence electrons. The van der Waals surface area contributed by atoms with E-state index in [9.17, 15) is 19.7 Å². The van der Waals surface area contributed by atoms with Crippen molar-refractivity contribution in [3.63, 3.8) is 0 Å². The number of nitrogens with one attached hydrogen (secondary N) is 1. The average Bonchev–Trinajstić information content (AvgIpc) is 2.65. The minimum Gasteiger partial charge on any atom is -0.322 e. The zero-order valence-electron chi connectivity index (χ0n) is 15.3. The summed E-state index contributed by atoms with van der Waals surface area (Å²) in [5.74, 6) is 0.213. The molecule has 1 fully saturated rings. The Balaban J connectivity index is 1.45. The molecule has 0 unspecified atom stereocenters. The minimum absolute atomic E-state index is 0.0152. The van der Waals surface area contributed by atoms with E-state index in [-0.39, 0.29) is 45.3 Å². The molecule has 10 heteroatoms.